The molecule has 0 amide bonds. The number of benzene rings is 1. The average Bonchev–Trinajstić information content (AvgIpc) is 2.77. The van der Waals surface area contributed by atoms with Gasteiger partial charge in [-0.1, -0.05) is 16.8 Å². The molecule has 19 heavy (non-hydrogen) atoms. The van der Waals surface area contributed by atoms with Crippen LogP contribution < -0.4 is 5.32 Å². The molecule has 1 heterocycles. The summed E-state index contributed by atoms with van der Waals surface area (Å²) in [6.45, 7) is 7.08. The summed E-state index contributed by atoms with van der Waals surface area (Å²) in [4.78, 5) is 0. The second-order valence-corrected chi connectivity index (χ2v) is 6.60. The average molecular weight is 344 g/mol. The molecule has 1 aromatic heterocycles. The molecule has 1 N–H and O–H groups in total. The van der Waals surface area contributed by atoms with E-state index in [9.17, 15) is 0 Å². The third-order valence-electron chi connectivity index (χ3n) is 2.57. The molecule has 0 spiro atoms. The zero-order valence-corrected chi connectivity index (χ0v) is 13.5. The first-order valence-electron chi connectivity index (χ1n) is 5.97. The summed E-state index contributed by atoms with van der Waals surface area (Å²) in [6, 6.07) is 5.68. The van der Waals surface area contributed by atoms with Crippen molar-refractivity contribution in [3.05, 3.63) is 39.6 Å². The Kier molecular flexibility index (Phi) is 4.28. The van der Waals surface area contributed by atoms with Crippen molar-refractivity contribution in [1.82, 2.24) is 20.3 Å². The smallest absolute Gasteiger partial charge is 0.0783 e. The highest BCUT2D eigenvalue weighted by Gasteiger charge is 2.12. The van der Waals surface area contributed by atoms with E-state index in [2.05, 4.69) is 52.3 Å². The van der Waals surface area contributed by atoms with E-state index in [4.69, 9.17) is 11.6 Å². The van der Waals surface area contributed by atoms with Crippen molar-refractivity contribution in [3.63, 3.8) is 0 Å². The van der Waals surface area contributed by atoms with Crippen LogP contribution in [-0.4, -0.2) is 20.5 Å². The van der Waals surface area contributed by atoms with Gasteiger partial charge >= 0.3 is 0 Å². The van der Waals surface area contributed by atoms with Gasteiger partial charge in [0.2, 0.25) is 0 Å². The first kappa shape index (κ1) is 14.5. The predicted molar refractivity (Wildman–Crippen MR) is 80.7 cm³/mol. The molecule has 0 saturated heterocycles. The topological polar surface area (TPSA) is 42.7 Å². The van der Waals surface area contributed by atoms with Crippen LogP contribution in [-0.2, 0) is 6.54 Å². The lowest BCUT2D eigenvalue weighted by molar-refractivity contribution is 0.418. The van der Waals surface area contributed by atoms with Crippen LogP contribution in [0, 0.1) is 0 Å². The van der Waals surface area contributed by atoms with Gasteiger partial charge in [0.1, 0.15) is 0 Å². The summed E-state index contributed by atoms with van der Waals surface area (Å²) in [5, 5.41) is 12.2. The maximum Gasteiger partial charge on any atom is 0.0783 e. The molecule has 0 radical (unpaired) electrons. The molecule has 0 aliphatic heterocycles. The molecule has 2 aromatic rings. The predicted octanol–water partition coefficient (Wildman–Crippen LogP) is 3.57. The van der Waals surface area contributed by atoms with E-state index in [1.807, 2.05) is 18.2 Å². The summed E-state index contributed by atoms with van der Waals surface area (Å²) >= 11 is 9.42. The quantitative estimate of drug-likeness (QED) is 0.926. The molecule has 2 rings (SSSR count). The summed E-state index contributed by atoms with van der Waals surface area (Å²) in [5.41, 5.74) is 1.99. The zero-order chi connectivity index (χ0) is 14.0. The fraction of sp³-hybridized carbons (Fsp3) is 0.385. The van der Waals surface area contributed by atoms with Crippen LogP contribution in [0.3, 0.4) is 0 Å². The maximum atomic E-state index is 6.00. The minimum absolute atomic E-state index is 0.0513. The third-order valence-corrected chi connectivity index (χ3v) is 3.78. The number of rotatable bonds is 3. The molecule has 0 aliphatic carbocycles. The Morgan fingerprint density at radius 1 is 1.37 bits per heavy atom. The van der Waals surface area contributed by atoms with Crippen molar-refractivity contribution in [2.45, 2.75) is 32.9 Å². The van der Waals surface area contributed by atoms with Crippen LogP contribution in [0.2, 0.25) is 5.02 Å². The van der Waals surface area contributed by atoms with E-state index in [1.54, 1.807) is 10.9 Å². The van der Waals surface area contributed by atoms with E-state index < -0.39 is 0 Å². The number of hydrogen-bond donors (Lipinski definition) is 1. The second kappa shape index (κ2) is 5.61. The molecule has 0 fully saturated rings. The van der Waals surface area contributed by atoms with Crippen molar-refractivity contribution in [3.8, 4) is 5.69 Å². The molecule has 6 heteroatoms. The van der Waals surface area contributed by atoms with Crippen LogP contribution in [0.15, 0.2) is 28.9 Å². The number of aromatic nitrogens is 3. The Morgan fingerprint density at radius 2 is 2.11 bits per heavy atom. The van der Waals surface area contributed by atoms with Crippen molar-refractivity contribution < 1.29 is 0 Å². The van der Waals surface area contributed by atoms with E-state index in [0.29, 0.717) is 11.6 Å². The summed E-state index contributed by atoms with van der Waals surface area (Å²) in [6.07, 6.45) is 1.77. The van der Waals surface area contributed by atoms with Crippen LogP contribution in [0.4, 0.5) is 0 Å². The van der Waals surface area contributed by atoms with Gasteiger partial charge in [0.15, 0.2) is 0 Å². The lowest BCUT2D eigenvalue weighted by atomic mass is 10.1. The van der Waals surface area contributed by atoms with Crippen molar-refractivity contribution in [1.29, 1.82) is 0 Å². The second-order valence-electron chi connectivity index (χ2n) is 5.34. The maximum absolute atomic E-state index is 6.00. The molecule has 0 aliphatic rings. The normalized spacial score (nSPS) is 11.8. The summed E-state index contributed by atoms with van der Waals surface area (Å²) in [5.74, 6) is 0. The monoisotopic (exact) mass is 342 g/mol. The SMILES string of the molecule is CC(C)(C)NCc1cnnn1-c1ccc(Cl)c(Br)c1. The molecular formula is C13H16BrClN4. The minimum Gasteiger partial charge on any atom is -0.306 e. The lowest BCUT2D eigenvalue weighted by Crippen LogP contribution is -2.35. The van der Waals surface area contributed by atoms with Gasteiger partial charge < -0.3 is 5.32 Å². The highest BCUT2D eigenvalue weighted by Crippen LogP contribution is 2.25. The number of nitrogens with one attached hydrogen (secondary N) is 1. The molecule has 4 nitrogen and oxygen atoms in total. The van der Waals surface area contributed by atoms with Gasteiger partial charge in [0, 0.05) is 16.6 Å². The Morgan fingerprint density at radius 3 is 2.74 bits per heavy atom. The van der Waals surface area contributed by atoms with Gasteiger partial charge in [0.25, 0.3) is 0 Å². The fourth-order valence-electron chi connectivity index (χ4n) is 1.57. The molecule has 0 bridgehead atoms. The Hall–Kier alpha value is -0.910. The molecule has 1 aromatic carbocycles. The van der Waals surface area contributed by atoms with Crippen LogP contribution in [0.1, 0.15) is 26.5 Å². The molecule has 102 valence electrons. The number of nitrogens with zero attached hydrogens (tertiary/aromatic N) is 3. The number of hydrogen-bond acceptors (Lipinski definition) is 3. The first-order chi connectivity index (χ1) is 8.87. The van der Waals surface area contributed by atoms with Crippen molar-refractivity contribution in [2.75, 3.05) is 0 Å². The Balaban J connectivity index is 2.26. The first-order valence-corrected chi connectivity index (χ1v) is 7.14. The molecule has 0 atom stereocenters. The van der Waals surface area contributed by atoms with E-state index >= 15 is 0 Å². The van der Waals surface area contributed by atoms with Crippen LogP contribution >= 0.6 is 27.5 Å². The highest BCUT2D eigenvalue weighted by molar-refractivity contribution is 9.10. The van der Waals surface area contributed by atoms with Crippen molar-refractivity contribution in [2.24, 2.45) is 0 Å². The number of halogens is 2. The fourth-order valence-corrected chi connectivity index (χ4v) is 2.05. The van der Waals surface area contributed by atoms with Crippen LogP contribution in [0.5, 0.6) is 0 Å². The third kappa shape index (κ3) is 3.78. The van der Waals surface area contributed by atoms with E-state index in [1.165, 1.54) is 0 Å². The van der Waals surface area contributed by atoms with E-state index in [-0.39, 0.29) is 5.54 Å². The largest absolute Gasteiger partial charge is 0.306 e. The van der Waals surface area contributed by atoms with Gasteiger partial charge in [-0.05, 0) is 54.9 Å². The van der Waals surface area contributed by atoms with Gasteiger partial charge in [-0.3, -0.25) is 0 Å². The molecule has 0 saturated carbocycles. The Bertz CT molecular complexity index is 574. The minimum atomic E-state index is 0.0513. The molecular weight excluding hydrogens is 328 g/mol. The zero-order valence-electron chi connectivity index (χ0n) is 11.1. The summed E-state index contributed by atoms with van der Waals surface area (Å²) in [7, 11) is 0. The van der Waals surface area contributed by atoms with Gasteiger partial charge in [-0.25, -0.2) is 4.68 Å². The summed E-state index contributed by atoms with van der Waals surface area (Å²) < 4.78 is 2.65. The highest BCUT2D eigenvalue weighted by atomic mass is 79.9. The van der Waals surface area contributed by atoms with Gasteiger partial charge in [0.05, 0.1) is 22.6 Å². The Labute approximate surface area is 126 Å². The van der Waals surface area contributed by atoms with Gasteiger partial charge in [-0.2, -0.15) is 0 Å². The van der Waals surface area contributed by atoms with Crippen molar-refractivity contribution >= 4 is 27.5 Å². The van der Waals surface area contributed by atoms with Crippen LogP contribution in [0.25, 0.3) is 5.69 Å². The lowest BCUT2D eigenvalue weighted by Gasteiger charge is -2.20. The molecule has 0 unspecified atom stereocenters. The van der Waals surface area contributed by atoms with Gasteiger partial charge in [-0.15, -0.1) is 5.10 Å². The standard InChI is InChI=1S/C13H16BrClN4/c1-13(2,3)16-7-10-8-17-18-19(10)9-4-5-12(15)11(14)6-9/h4-6,8,16H,7H2,1-3H3. The van der Waals surface area contributed by atoms with E-state index in [0.717, 1.165) is 15.9 Å².